The number of ether oxygens (including phenoxy) is 1. The summed E-state index contributed by atoms with van der Waals surface area (Å²) >= 11 is 0. The Morgan fingerprint density at radius 1 is 1.53 bits per heavy atom. The van der Waals surface area contributed by atoms with Crippen LogP contribution in [0, 0.1) is 11.3 Å². The Hall–Kier alpha value is -0.610. The quantitative estimate of drug-likeness (QED) is 0.806. The first kappa shape index (κ1) is 16.4. The van der Waals surface area contributed by atoms with Crippen LogP contribution in [0.15, 0.2) is 0 Å². The molecule has 4 heteroatoms. The number of hydrogen-bond acceptors (Lipinski definition) is 3. The van der Waals surface area contributed by atoms with Gasteiger partial charge in [-0.25, -0.2) is 0 Å². The van der Waals surface area contributed by atoms with E-state index >= 15 is 0 Å². The van der Waals surface area contributed by atoms with Gasteiger partial charge in [-0.05, 0) is 44.4 Å². The molecule has 1 aliphatic carbocycles. The van der Waals surface area contributed by atoms with E-state index in [1.165, 1.54) is 6.42 Å². The van der Waals surface area contributed by atoms with Gasteiger partial charge in [0.25, 0.3) is 0 Å². The van der Waals surface area contributed by atoms with Crippen molar-refractivity contribution in [2.45, 2.75) is 78.0 Å². The van der Waals surface area contributed by atoms with Gasteiger partial charge in [0, 0.05) is 6.42 Å². The molecule has 112 valence electrons. The minimum atomic E-state index is -1.21. The second-order valence-corrected chi connectivity index (χ2v) is 7.41. The monoisotopic (exact) mass is 271 g/mol. The summed E-state index contributed by atoms with van der Waals surface area (Å²) in [5.74, 6) is -0.315. The minimum Gasteiger partial charge on any atom is -0.480 e. The summed E-state index contributed by atoms with van der Waals surface area (Å²) in [5.41, 5.74) is 4.86. The van der Waals surface area contributed by atoms with Gasteiger partial charge in [-0.15, -0.1) is 0 Å². The number of carboxylic acids is 1. The molecule has 0 aliphatic heterocycles. The molecule has 1 rings (SSSR count). The van der Waals surface area contributed by atoms with E-state index < -0.39 is 11.5 Å². The Balaban J connectivity index is 2.53. The van der Waals surface area contributed by atoms with Crippen LogP contribution in [0.4, 0.5) is 0 Å². The average molecular weight is 271 g/mol. The van der Waals surface area contributed by atoms with E-state index in [-0.39, 0.29) is 12.2 Å². The fourth-order valence-electron chi connectivity index (χ4n) is 3.42. The van der Waals surface area contributed by atoms with Crippen molar-refractivity contribution in [3.8, 4) is 0 Å². The maximum atomic E-state index is 11.0. The smallest absolute Gasteiger partial charge is 0.323 e. The van der Waals surface area contributed by atoms with Gasteiger partial charge >= 0.3 is 5.97 Å². The molecule has 0 aromatic heterocycles. The molecule has 0 saturated heterocycles. The summed E-state index contributed by atoms with van der Waals surface area (Å²) in [6.45, 7) is 10.3. The molecule has 4 nitrogen and oxygen atoms in total. The second kappa shape index (κ2) is 5.80. The standard InChI is InChI=1S/C15H29NO3/c1-10-6-12(9-14(3,4)7-10)19-11(2)8-15(5,16)13(17)18/h10-12H,6-9,16H2,1-5H3,(H,17,18). The van der Waals surface area contributed by atoms with Gasteiger partial charge in [0.2, 0.25) is 0 Å². The summed E-state index contributed by atoms with van der Waals surface area (Å²) in [7, 11) is 0. The van der Waals surface area contributed by atoms with Crippen molar-refractivity contribution in [1.29, 1.82) is 0 Å². The van der Waals surface area contributed by atoms with Crippen LogP contribution in [0.25, 0.3) is 0 Å². The van der Waals surface area contributed by atoms with Crippen LogP contribution in [0.5, 0.6) is 0 Å². The predicted octanol–water partition coefficient (Wildman–Crippen LogP) is 2.80. The lowest BCUT2D eigenvalue weighted by Crippen LogP contribution is -2.48. The molecule has 0 heterocycles. The molecular formula is C15H29NO3. The van der Waals surface area contributed by atoms with Crippen molar-refractivity contribution in [3.63, 3.8) is 0 Å². The summed E-state index contributed by atoms with van der Waals surface area (Å²) < 4.78 is 6.04. The molecule has 1 saturated carbocycles. The minimum absolute atomic E-state index is 0.128. The van der Waals surface area contributed by atoms with Crippen LogP contribution < -0.4 is 5.73 Å². The maximum absolute atomic E-state index is 11.0. The highest BCUT2D eigenvalue weighted by molar-refractivity contribution is 5.77. The molecule has 19 heavy (non-hydrogen) atoms. The van der Waals surface area contributed by atoms with E-state index in [1.807, 2.05) is 6.92 Å². The first-order chi connectivity index (χ1) is 8.52. The zero-order chi connectivity index (χ0) is 14.8. The SMILES string of the molecule is CC1CC(OC(C)CC(C)(N)C(=O)O)CC(C)(C)C1. The number of carbonyl (C=O) groups is 1. The fourth-order valence-corrected chi connectivity index (χ4v) is 3.42. The molecule has 1 fully saturated rings. The van der Waals surface area contributed by atoms with E-state index in [0.29, 0.717) is 17.8 Å². The number of hydrogen-bond donors (Lipinski definition) is 2. The molecule has 0 radical (unpaired) electrons. The zero-order valence-corrected chi connectivity index (χ0v) is 12.9. The van der Waals surface area contributed by atoms with Gasteiger partial charge in [-0.3, -0.25) is 4.79 Å². The topological polar surface area (TPSA) is 72.5 Å². The van der Waals surface area contributed by atoms with Crippen molar-refractivity contribution >= 4 is 5.97 Å². The molecule has 1 aliphatic rings. The highest BCUT2D eigenvalue weighted by Gasteiger charge is 2.35. The number of aliphatic carboxylic acids is 1. The zero-order valence-electron chi connectivity index (χ0n) is 12.9. The van der Waals surface area contributed by atoms with Crippen molar-refractivity contribution in [2.24, 2.45) is 17.1 Å². The van der Waals surface area contributed by atoms with E-state index in [4.69, 9.17) is 15.6 Å². The molecule has 0 aromatic rings. The van der Waals surface area contributed by atoms with Crippen LogP contribution >= 0.6 is 0 Å². The van der Waals surface area contributed by atoms with Gasteiger partial charge in [-0.1, -0.05) is 20.8 Å². The van der Waals surface area contributed by atoms with Crippen LogP contribution in [-0.2, 0) is 9.53 Å². The van der Waals surface area contributed by atoms with Crippen LogP contribution in [0.2, 0.25) is 0 Å². The van der Waals surface area contributed by atoms with E-state index in [9.17, 15) is 4.79 Å². The van der Waals surface area contributed by atoms with Gasteiger partial charge in [0.1, 0.15) is 5.54 Å². The van der Waals surface area contributed by atoms with Gasteiger partial charge in [0.15, 0.2) is 0 Å². The molecule has 3 N–H and O–H groups in total. The summed E-state index contributed by atoms with van der Waals surface area (Å²) in [6.07, 6.45) is 3.76. The highest BCUT2D eigenvalue weighted by atomic mass is 16.5. The van der Waals surface area contributed by atoms with Gasteiger partial charge in [-0.2, -0.15) is 0 Å². The number of nitrogens with two attached hydrogens (primary N) is 1. The van der Waals surface area contributed by atoms with Crippen molar-refractivity contribution in [3.05, 3.63) is 0 Å². The van der Waals surface area contributed by atoms with E-state index in [0.717, 1.165) is 12.8 Å². The van der Waals surface area contributed by atoms with Crippen molar-refractivity contribution in [2.75, 3.05) is 0 Å². The molecule has 0 spiro atoms. The van der Waals surface area contributed by atoms with Gasteiger partial charge < -0.3 is 15.6 Å². The van der Waals surface area contributed by atoms with Crippen LogP contribution in [0.1, 0.15) is 60.3 Å². The third-order valence-corrected chi connectivity index (χ3v) is 3.97. The average Bonchev–Trinajstić information content (AvgIpc) is 2.11. The molecule has 4 unspecified atom stereocenters. The Kier molecular flexibility index (Phi) is 5.02. The summed E-state index contributed by atoms with van der Waals surface area (Å²) in [5, 5.41) is 9.04. The molecule has 4 atom stereocenters. The third kappa shape index (κ3) is 5.11. The predicted molar refractivity (Wildman–Crippen MR) is 76.0 cm³/mol. The fraction of sp³-hybridized carbons (Fsp3) is 0.933. The second-order valence-electron chi connectivity index (χ2n) is 7.41. The van der Waals surface area contributed by atoms with Gasteiger partial charge in [0.05, 0.1) is 12.2 Å². The van der Waals surface area contributed by atoms with Crippen LogP contribution in [-0.4, -0.2) is 28.8 Å². The van der Waals surface area contributed by atoms with Crippen LogP contribution in [0.3, 0.4) is 0 Å². The summed E-state index contributed by atoms with van der Waals surface area (Å²) in [6, 6.07) is 0. The Morgan fingerprint density at radius 3 is 2.58 bits per heavy atom. The third-order valence-electron chi connectivity index (χ3n) is 3.97. The molecule has 0 amide bonds. The highest BCUT2D eigenvalue weighted by Crippen LogP contribution is 2.40. The maximum Gasteiger partial charge on any atom is 0.323 e. The number of rotatable bonds is 5. The van der Waals surface area contributed by atoms with Crippen molar-refractivity contribution in [1.82, 2.24) is 0 Å². The Bertz CT molecular complexity index is 325. The lowest BCUT2D eigenvalue weighted by molar-refractivity contribution is -0.145. The molecular weight excluding hydrogens is 242 g/mol. The normalized spacial score (nSPS) is 31.5. The lowest BCUT2D eigenvalue weighted by atomic mass is 9.71. The molecule has 0 aromatic carbocycles. The largest absolute Gasteiger partial charge is 0.480 e. The first-order valence-electron chi connectivity index (χ1n) is 7.19. The van der Waals surface area contributed by atoms with E-state index in [2.05, 4.69) is 20.8 Å². The Morgan fingerprint density at radius 2 is 2.11 bits per heavy atom. The number of carboxylic acid groups (broad SMARTS) is 1. The lowest BCUT2D eigenvalue weighted by Gasteiger charge is -2.40. The molecule has 0 bridgehead atoms. The first-order valence-corrected chi connectivity index (χ1v) is 7.19. The van der Waals surface area contributed by atoms with Crippen molar-refractivity contribution < 1.29 is 14.6 Å². The van der Waals surface area contributed by atoms with E-state index in [1.54, 1.807) is 6.92 Å². The summed E-state index contributed by atoms with van der Waals surface area (Å²) in [4.78, 5) is 11.0. The Labute approximate surface area is 116 Å².